The number of rotatable bonds is 6. The molecule has 2 aliphatic rings. The van der Waals surface area contributed by atoms with Gasteiger partial charge >= 0.3 is 0 Å². The summed E-state index contributed by atoms with van der Waals surface area (Å²) in [6.07, 6.45) is 14.3. The Labute approximate surface area is 183 Å². The molecule has 0 unspecified atom stereocenters. The largest absolute Gasteiger partial charge is 0.439 e. The van der Waals surface area contributed by atoms with Crippen LogP contribution in [-0.2, 0) is 4.79 Å². The second-order valence-electron chi connectivity index (χ2n) is 8.46. The molecule has 4 rings (SSSR count). The first-order valence-corrected chi connectivity index (χ1v) is 10.9. The van der Waals surface area contributed by atoms with Crippen molar-refractivity contribution in [1.82, 2.24) is 10.3 Å². The number of hydrogen-bond donors (Lipinski definition) is 1. The Morgan fingerprint density at radius 1 is 1.27 bits per heavy atom. The third-order valence-electron chi connectivity index (χ3n) is 5.94. The number of pyridine rings is 1. The van der Waals surface area contributed by atoms with Gasteiger partial charge in [-0.25, -0.2) is 4.98 Å². The van der Waals surface area contributed by atoms with E-state index in [0.717, 1.165) is 22.6 Å². The van der Waals surface area contributed by atoms with Gasteiger partial charge in [0.2, 0.25) is 11.8 Å². The fraction of sp³-hybridized carbons (Fsp3) is 0.360. The minimum absolute atomic E-state index is 0.0341. The van der Waals surface area contributed by atoms with Crippen LogP contribution in [0.5, 0.6) is 11.6 Å². The summed E-state index contributed by atoms with van der Waals surface area (Å²) in [5.74, 6) is 1.14. The first kappa shape index (κ1) is 20.7. The number of halogens is 1. The average molecular weight is 423 g/mol. The van der Waals surface area contributed by atoms with Gasteiger partial charge in [0.15, 0.2) is 0 Å². The molecule has 0 aliphatic heterocycles. The number of carbonyl (C=O) groups is 1. The van der Waals surface area contributed by atoms with E-state index in [9.17, 15) is 4.79 Å². The molecule has 5 heteroatoms. The number of carbonyl (C=O) groups excluding carboxylic acids is 1. The summed E-state index contributed by atoms with van der Waals surface area (Å²) >= 11 is 6.57. The van der Waals surface area contributed by atoms with Gasteiger partial charge in [0, 0.05) is 31.3 Å². The Morgan fingerprint density at radius 3 is 2.70 bits per heavy atom. The molecule has 1 aromatic heterocycles. The second-order valence-corrected chi connectivity index (χ2v) is 8.86. The van der Waals surface area contributed by atoms with Crippen molar-refractivity contribution in [3.63, 3.8) is 0 Å². The fourth-order valence-corrected chi connectivity index (χ4v) is 4.23. The summed E-state index contributed by atoms with van der Waals surface area (Å²) in [6.45, 7) is 3.43. The van der Waals surface area contributed by atoms with Crippen LogP contribution in [0.4, 0.5) is 0 Å². The van der Waals surface area contributed by atoms with E-state index in [1.54, 1.807) is 6.20 Å². The standard InChI is InChI=1S/C25H27ClN2O2/c1-17(28-18(2)29)3-4-19-5-8-24(27-16-19)30-21-6-7-22(23(26)15-21)20-9-11-25(12-10-20)13-14-25/h3-9,15-17H,10-14H2,1-2H3,(H,28,29)/b4-3+/t17-/m0/s1. The second kappa shape index (κ2) is 8.65. The number of benzene rings is 1. The molecule has 1 amide bonds. The molecule has 2 aromatic rings. The molecule has 1 N–H and O–H groups in total. The summed E-state index contributed by atoms with van der Waals surface area (Å²) in [5, 5.41) is 3.53. The number of hydrogen-bond acceptors (Lipinski definition) is 3. The Balaban J connectivity index is 1.38. The van der Waals surface area contributed by atoms with E-state index in [1.807, 2.05) is 43.3 Å². The van der Waals surface area contributed by atoms with Gasteiger partial charge in [0.05, 0.1) is 5.02 Å². The SMILES string of the molecule is CC(=O)N[C@@H](C)/C=C/c1ccc(Oc2ccc(C3=CCC4(CC3)CC4)c(Cl)c2)nc1. The summed E-state index contributed by atoms with van der Waals surface area (Å²) < 4.78 is 5.88. The highest BCUT2D eigenvalue weighted by Crippen LogP contribution is 2.56. The van der Waals surface area contributed by atoms with Gasteiger partial charge in [-0.2, -0.15) is 0 Å². The molecule has 4 nitrogen and oxygen atoms in total. The number of nitrogens with one attached hydrogen (secondary N) is 1. The van der Waals surface area contributed by atoms with Crippen molar-refractivity contribution >= 4 is 29.2 Å². The maximum absolute atomic E-state index is 11.1. The van der Waals surface area contributed by atoms with E-state index in [4.69, 9.17) is 16.3 Å². The van der Waals surface area contributed by atoms with Crippen LogP contribution in [0.3, 0.4) is 0 Å². The molecule has 1 heterocycles. The molecule has 0 saturated heterocycles. The summed E-state index contributed by atoms with van der Waals surface area (Å²) in [4.78, 5) is 15.4. The number of nitrogens with zero attached hydrogens (tertiary/aromatic N) is 1. The van der Waals surface area contributed by atoms with Gasteiger partial charge in [-0.1, -0.05) is 29.8 Å². The van der Waals surface area contributed by atoms with Gasteiger partial charge in [0.25, 0.3) is 0 Å². The third kappa shape index (κ3) is 5.11. The lowest BCUT2D eigenvalue weighted by Crippen LogP contribution is -2.28. The summed E-state index contributed by atoms with van der Waals surface area (Å²) in [7, 11) is 0. The molecule has 0 radical (unpaired) electrons. The van der Waals surface area contributed by atoms with Crippen molar-refractivity contribution in [2.45, 2.75) is 52.0 Å². The van der Waals surface area contributed by atoms with Crippen molar-refractivity contribution in [3.05, 3.63) is 64.8 Å². The topological polar surface area (TPSA) is 51.2 Å². The van der Waals surface area contributed by atoms with E-state index < -0.39 is 0 Å². The Kier molecular flexibility index (Phi) is 5.96. The number of aromatic nitrogens is 1. The van der Waals surface area contributed by atoms with Crippen molar-refractivity contribution in [3.8, 4) is 11.6 Å². The molecule has 1 fully saturated rings. The smallest absolute Gasteiger partial charge is 0.219 e. The van der Waals surface area contributed by atoms with Crippen LogP contribution in [0.1, 0.15) is 57.1 Å². The van der Waals surface area contributed by atoms with Crippen LogP contribution in [0.15, 0.2) is 48.7 Å². The zero-order chi connectivity index (χ0) is 21.1. The van der Waals surface area contributed by atoms with Crippen LogP contribution in [0, 0.1) is 5.41 Å². The van der Waals surface area contributed by atoms with Crippen LogP contribution in [0.2, 0.25) is 5.02 Å². The monoisotopic (exact) mass is 422 g/mol. The zero-order valence-electron chi connectivity index (χ0n) is 17.5. The lowest BCUT2D eigenvalue weighted by molar-refractivity contribution is -0.119. The molecule has 2 aliphatic carbocycles. The van der Waals surface area contributed by atoms with E-state index in [-0.39, 0.29) is 11.9 Å². The van der Waals surface area contributed by atoms with Gasteiger partial charge in [-0.3, -0.25) is 4.79 Å². The molecule has 156 valence electrons. The molecule has 30 heavy (non-hydrogen) atoms. The maximum atomic E-state index is 11.1. The number of ether oxygens (including phenoxy) is 1. The van der Waals surface area contributed by atoms with Crippen molar-refractivity contribution in [2.24, 2.45) is 5.41 Å². The van der Waals surface area contributed by atoms with Crippen LogP contribution >= 0.6 is 11.6 Å². The van der Waals surface area contributed by atoms with Gasteiger partial charge in [0.1, 0.15) is 5.75 Å². The normalized spacial score (nSPS) is 18.2. The lowest BCUT2D eigenvalue weighted by atomic mass is 9.84. The highest BCUT2D eigenvalue weighted by atomic mass is 35.5. The van der Waals surface area contributed by atoms with E-state index in [2.05, 4.69) is 22.4 Å². The van der Waals surface area contributed by atoms with Crippen molar-refractivity contribution < 1.29 is 9.53 Å². The van der Waals surface area contributed by atoms with E-state index in [0.29, 0.717) is 17.0 Å². The molecular formula is C25H27ClN2O2. The van der Waals surface area contributed by atoms with Crippen molar-refractivity contribution in [1.29, 1.82) is 0 Å². The van der Waals surface area contributed by atoms with Crippen LogP contribution < -0.4 is 10.1 Å². The lowest BCUT2D eigenvalue weighted by Gasteiger charge is -2.22. The molecule has 1 atom stereocenters. The van der Waals surface area contributed by atoms with E-state index >= 15 is 0 Å². The average Bonchev–Trinajstić information content (AvgIpc) is 3.47. The molecule has 1 spiro atoms. The minimum Gasteiger partial charge on any atom is -0.439 e. The molecule has 1 aromatic carbocycles. The molecule has 0 bridgehead atoms. The molecule has 1 saturated carbocycles. The number of allylic oxidation sites excluding steroid dienone is 2. The number of amides is 1. The predicted octanol–water partition coefficient (Wildman–Crippen LogP) is 6.41. The zero-order valence-corrected chi connectivity index (χ0v) is 18.2. The molecular weight excluding hydrogens is 396 g/mol. The Bertz CT molecular complexity index is 991. The highest BCUT2D eigenvalue weighted by Gasteiger charge is 2.42. The van der Waals surface area contributed by atoms with Crippen molar-refractivity contribution in [2.75, 3.05) is 0 Å². The highest BCUT2D eigenvalue weighted by molar-refractivity contribution is 6.32. The fourth-order valence-electron chi connectivity index (χ4n) is 3.93. The Morgan fingerprint density at radius 2 is 2.10 bits per heavy atom. The third-order valence-corrected chi connectivity index (χ3v) is 6.25. The minimum atomic E-state index is -0.0506. The summed E-state index contributed by atoms with van der Waals surface area (Å²) in [5.41, 5.74) is 4.02. The first-order chi connectivity index (χ1) is 14.4. The quantitative estimate of drug-likeness (QED) is 0.584. The van der Waals surface area contributed by atoms with Gasteiger partial charge in [-0.05, 0) is 79.3 Å². The van der Waals surface area contributed by atoms with E-state index in [1.165, 1.54) is 38.2 Å². The van der Waals surface area contributed by atoms with Gasteiger partial charge < -0.3 is 10.1 Å². The Hall–Kier alpha value is -2.59. The first-order valence-electron chi connectivity index (χ1n) is 10.5. The maximum Gasteiger partial charge on any atom is 0.219 e. The van der Waals surface area contributed by atoms with Crippen LogP contribution in [0.25, 0.3) is 11.6 Å². The van der Waals surface area contributed by atoms with Crippen LogP contribution in [-0.4, -0.2) is 16.9 Å². The summed E-state index contributed by atoms with van der Waals surface area (Å²) in [6, 6.07) is 9.58. The van der Waals surface area contributed by atoms with Gasteiger partial charge in [-0.15, -0.1) is 0 Å². The predicted molar refractivity (Wildman–Crippen MR) is 122 cm³/mol.